The van der Waals surface area contributed by atoms with E-state index in [1.807, 2.05) is 37.3 Å². The van der Waals surface area contributed by atoms with Gasteiger partial charge in [0, 0.05) is 24.4 Å². The third-order valence-electron chi connectivity index (χ3n) is 6.61. The Balaban J connectivity index is 1.50. The maximum Gasteiger partial charge on any atom is 0.276 e. The van der Waals surface area contributed by atoms with Gasteiger partial charge in [-0.1, -0.05) is 43.3 Å². The number of hydrogen-bond acceptors (Lipinski definition) is 5. The molecule has 5 rings (SSSR count). The Hall–Kier alpha value is -4.05. The maximum absolute atomic E-state index is 14.0. The number of pyridine rings is 1. The average molecular weight is 510 g/mol. The van der Waals surface area contributed by atoms with Gasteiger partial charge in [-0.05, 0) is 18.1 Å². The lowest BCUT2D eigenvalue weighted by Crippen LogP contribution is -2.50. The minimum atomic E-state index is -0.816. The third kappa shape index (κ3) is 4.72. The molecule has 192 valence electrons. The molecule has 3 aromatic rings. The van der Waals surface area contributed by atoms with Crippen LogP contribution in [0.4, 0.5) is 8.78 Å². The quantitative estimate of drug-likeness (QED) is 0.528. The standard InChI is InChI=1S/C27H25F2N3O5/c1-2-19-15-36-22-13-31-12-20(26(34)30-11-17-8-9-18(28)10-21(17)29)24(33)25(23(31)27(35)32(19)22)37-14-16-6-4-3-5-7-16/h3-10,12,19,22H,2,11,13-15H2,1H3,(H,30,34). The predicted octanol–water partition coefficient (Wildman–Crippen LogP) is 3.23. The molecule has 10 heteroatoms. The van der Waals surface area contributed by atoms with Gasteiger partial charge in [0.05, 0.1) is 19.2 Å². The van der Waals surface area contributed by atoms with Crippen LogP contribution >= 0.6 is 0 Å². The summed E-state index contributed by atoms with van der Waals surface area (Å²) >= 11 is 0. The van der Waals surface area contributed by atoms with Crippen molar-refractivity contribution in [1.82, 2.24) is 14.8 Å². The summed E-state index contributed by atoms with van der Waals surface area (Å²) in [5, 5.41) is 2.50. The number of nitrogens with zero attached hydrogens (tertiary/aromatic N) is 2. The van der Waals surface area contributed by atoms with Crippen molar-refractivity contribution in [2.24, 2.45) is 0 Å². The molecule has 1 aromatic heterocycles. The molecule has 0 radical (unpaired) electrons. The van der Waals surface area contributed by atoms with Crippen molar-refractivity contribution in [3.05, 3.63) is 99.0 Å². The second kappa shape index (κ2) is 10.1. The summed E-state index contributed by atoms with van der Waals surface area (Å²) in [6, 6.07) is 12.0. The molecule has 2 aromatic carbocycles. The van der Waals surface area contributed by atoms with Gasteiger partial charge in [0.25, 0.3) is 11.8 Å². The number of aromatic nitrogens is 1. The lowest BCUT2D eigenvalue weighted by molar-refractivity contribution is 0.00542. The van der Waals surface area contributed by atoms with Crippen molar-refractivity contribution in [3.63, 3.8) is 0 Å². The smallest absolute Gasteiger partial charge is 0.276 e. The summed E-state index contributed by atoms with van der Waals surface area (Å²) in [5.74, 6) is -2.96. The van der Waals surface area contributed by atoms with E-state index in [4.69, 9.17) is 9.47 Å². The summed E-state index contributed by atoms with van der Waals surface area (Å²) in [4.78, 5) is 41.7. The Morgan fingerprint density at radius 1 is 1.16 bits per heavy atom. The van der Waals surface area contributed by atoms with E-state index in [9.17, 15) is 23.2 Å². The monoisotopic (exact) mass is 509 g/mol. The lowest BCUT2D eigenvalue weighted by Gasteiger charge is -2.35. The fraction of sp³-hybridized carbons (Fsp3) is 0.296. The molecule has 2 amide bonds. The molecule has 1 saturated heterocycles. The molecule has 8 nitrogen and oxygen atoms in total. The van der Waals surface area contributed by atoms with Crippen molar-refractivity contribution in [2.45, 2.75) is 45.3 Å². The molecule has 37 heavy (non-hydrogen) atoms. The molecule has 1 fully saturated rings. The fourth-order valence-corrected chi connectivity index (χ4v) is 4.62. The first-order chi connectivity index (χ1) is 17.9. The summed E-state index contributed by atoms with van der Waals surface area (Å²) in [7, 11) is 0. The topological polar surface area (TPSA) is 89.9 Å². The van der Waals surface area contributed by atoms with Crippen molar-refractivity contribution in [2.75, 3.05) is 6.61 Å². The van der Waals surface area contributed by atoms with Crippen LogP contribution in [0.25, 0.3) is 0 Å². The molecule has 0 saturated carbocycles. The van der Waals surface area contributed by atoms with E-state index < -0.39 is 35.1 Å². The predicted molar refractivity (Wildman–Crippen MR) is 129 cm³/mol. The number of carbonyl (C=O) groups excluding carboxylic acids is 2. The van der Waals surface area contributed by atoms with Crippen LogP contribution in [0.2, 0.25) is 0 Å². The van der Waals surface area contributed by atoms with Crippen LogP contribution in [-0.4, -0.2) is 40.2 Å². The van der Waals surface area contributed by atoms with E-state index in [1.54, 1.807) is 4.90 Å². The highest BCUT2D eigenvalue weighted by atomic mass is 19.1. The Bertz CT molecular complexity index is 1410. The first kappa shape index (κ1) is 24.6. The number of amides is 2. The minimum Gasteiger partial charge on any atom is -0.483 e. The molecule has 2 aliphatic heterocycles. The minimum absolute atomic E-state index is 0.0133. The maximum atomic E-state index is 14.0. The van der Waals surface area contributed by atoms with Gasteiger partial charge in [0.15, 0.2) is 17.7 Å². The molecule has 0 bridgehead atoms. The van der Waals surface area contributed by atoms with Gasteiger partial charge in [-0.3, -0.25) is 14.4 Å². The number of fused-ring (bicyclic) bond motifs is 2. The number of hydrogen-bond donors (Lipinski definition) is 1. The highest BCUT2D eigenvalue weighted by molar-refractivity contribution is 5.99. The Morgan fingerprint density at radius 2 is 1.95 bits per heavy atom. The van der Waals surface area contributed by atoms with Crippen molar-refractivity contribution in [3.8, 4) is 5.75 Å². The van der Waals surface area contributed by atoms with Gasteiger partial charge in [-0.2, -0.15) is 0 Å². The Labute approximate surface area is 211 Å². The third-order valence-corrected chi connectivity index (χ3v) is 6.61. The van der Waals surface area contributed by atoms with Crippen molar-refractivity contribution in [1.29, 1.82) is 0 Å². The van der Waals surface area contributed by atoms with E-state index >= 15 is 0 Å². The first-order valence-corrected chi connectivity index (χ1v) is 12.0. The van der Waals surface area contributed by atoms with Gasteiger partial charge in [-0.25, -0.2) is 8.78 Å². The lowest BCUT2D eigenvalue weighted by atomic mass is 10.1. The molecular weight excluding hydrogens is 484 g/mol. The Morgan fingerprint density at radius 3 is 2.68 bits per heavy atom. The number of nitrogens with one attached hydrogen (secondary N) is 1. The number of ether oxygens (including phenoxy) is 2. The number of benzene rings is 2. The van der Waals surface area contributed by atoms with Crippen LogP contribution in [-0.2, 0) is 24.4 Å². The molecular formula is C27H25F2N3O5. The number of halogens is 2. The molecule has 0 aliphatic carbocycles. The largest absolute Gasteiger partial charge is 0.483 e. The van der Waals surface area contributed by atoms with Gasteiger partial charge in [0.2, 0.25) is 5.43 Å². The van der Waals surface area contributed by atoms with Crippen molar-refractivity contribution >= 4 is 11.8 Å². The highest BCUT2D eigenvalue weighted by Gasteiger charge is 2.44. The summed E-state index contributed by atoms with van der Waals surface area (Å²) in [5.41, 5.74) is -0.120. The molecule has 2 atom stereocenters. The SMILES string of the molecule is CCC1COC2Cn3cc(C(=O)NCc4ccc(F)cc4F)c(=O)c(OCc4ccccc4)c3C(=O)N12. The van der Waals surface area contributed by atoms with Crippen LogP contribution in [0, 0.1) is 11.6 Å². The number of carbonyl (C=O) groups is 2. The van der Waals surface area contributed by atoms with Crippen LogP contribution in [0.1, 0.15) is 45.3 Å². The molecule has 2 aliphatic rings. The van der Waals surface area contributed by atoms with Gasteiger partial charge in [-0.15, -0.1) is 0 Å². The molecule has 2 unspecified atom stereocenters. The fourth-order valence-electron chi connectivity index (χ4n) is 4.62. The second-order valence-electron chi connectivity index (χ2n) is 8.96. The van der Waals surface area contributed by atoms with E-state index in [0.29, 0.717) is 19.1 Å². The van der Waals surface area contributed by atoms with E-state index in [-0.39, 0.29) is 48.3 Å². The van der Waals surface area contributed by atoms with E-state index in [2.05, 4.69) is 5.32 Å². The highest BCUT2D eigenvalue weighted by Crippen LogP contribution is 2.31. The van der Waals surface area contributed by atoms with Crippen LogP contribution in [0.5, 0.6) is 5.75 Å². The van der Waals surface area contributed by atoms with Gasteiger partial charge in [0.1, 0.15) is 23.8 Å². The Kier molecular flexibility index (Phi) is 6.75. The molecule has 1 N–H and O–H groups in total. The summed E-state index contributed by atoms with van der Waals surface area (Å²) < 4.78 is 40.4. The van der Waals surface area contributed by atoms with E-state index in [0.717, 1.165) is 11.6 Å². The zero-order valence-electron chi connectivity index (χ0n) is 20.1. The number of rotatable bonds is 7. The van der Waals surface area contributed by atoms with Crippen LogP contribution in [0.3, 0.4) is 0 Å². The van der Waals surface area contributed by atoms with Crippen LogP contribution in [0.15, 0.2) is 59.5 Å². The summed E-state index contributed by atoms with van der Waals surface area (Å²) in [6.45, 7) is 2.30. The van der Waals surface area contributed by atoms with Crippen molar-refractivity contribution < 1.29 is 27.8 Å². The average Bonchev–Trinajstić information content (AvgIpc) is 3.31. The molecule has 0 spiro atoms. The van der Waals surface area contributed by atoms with Crippen LogP contribution < -0.4 is 15.5 Å². The zero-order chi connectivity index (χ0) is 26.1. The summed E-state index contributed by atoms with van der Waals surface area (Å²) in [6.07, 6.45) is 1.47. The normalized spacial score (nSPS) is 18.4. The van der Waals surface area contributed by atoms with Gasteiger partial charge >= 0.3 is 0 Å². The van der Waals surface area contributed by atoms with Gasteiger partial charge < -0.3 is 24.3 Å². The van der Waals surface area contributed by atoms with E-state index in [1.165, 1.54) is 16.8 Å². The second-order valence-corrected chi connectivity index (χ2v) is 8.96. The first-order valence-electron chi connectivity index (χ1n) is 12.0. The molecule has 3 heterocycles. The zero-order valence-corrected chi connectivity index (χ0v) is 20.1.